The van der Waals surface area contributed by atoms with E-state index >= 15 is 0 Å². The first kappa shape index (κ1) is 22.5. The van der Waals surface area contributed by atoms with Crippen LogP contribution >= 0.6 is 11.6 Å². The molecule has 0 atom stereocenters. The predicted molar refractivity (Wildman–Crippen MR) is 133 cm³/mol. The van der Waals surface area contributed by atoms with Crippen LogP contribution in [-0.4, -0.2) is 49.9 Å². The molecule has 174 valence electrons. The molecule has 5 rings (SSSR count). The normalized spacial score (nSPS) is 15.6. The second-order valence-corrected chi connectivity index (χ2v) is 8.96. The number of benzene rings is 1. The summed E-state index contributed by atoms with van der Waals surface area (Å²) in [6.07, 6.45) is 7.72. The summed E-state index contributed by atoms with van der Waals surface area (Å²) in [4.78, 5) is 12.3. The maximum absolute atomic E-state index is 6.00. The van der Waals surface area contributed by atoms with Crippen LogP contribution < -0.4 is 0 Å². The summed E-state index contributed by atoms with van der Waals surface area (Å²) in [7, 11) is 0. The van der Waals surface area contributed by atoms with Gasteiger partial charge in [-0.25, -0.2) is 0 Å². The van der Waals surface area contributed by atoms with Crippen LogP contribution in [0.4, 0.5) is 0 Å². The minimum absolute atomic E-state index is 0.498. The van der Waals surface area contributed by atoms with E-state index in [4.69, 9.17) is 16.4 Å². The van der Waals surface area contributed by atoms with E-state index in [9.17, 15) is 0 Å². The summed E-state index contributed by atoms with van der Waals surface area (Å²) >= 11 is 6.00. The number of piperidine rings is 1. The van der Waals surface area contributed by atoms with Crippen LogP contribution in [0.5, 0.6) is 0 Å². The Bertz CT molecular complexity index is 1260. The summed E-state index contributed by atoms with van der Waals surface area (Å²) in [6.45, 7) is 5.51. The van der Waals surface area contributed by atoms with Gasteiger partial charge in [0.1, 0.15) is 18.6 Å². The Morgan fingerprint density at radius 1 is 1.12 bits per heavy atom. The molecule has 0 aliphatic carbocycles. The lowest BCUT2D eigenvalue weighted by Gasteiger charge is -2.32. The minimum Gasteiger partial charge on any atom is -0.396 e. The zero-order valence-electron chi connectivity index (χ0n) is 19.1. The Hall–Kier alpha value is -3.29. The van der Waals surface area contributed by atoms with Gasteiger partial charge in [0.15, 0.2) is 5.65 Å². The largest absolute Gasteiger partial charge is 0.396 e. The summed E-state index contributed by atoms with van der Waals surface area (Å²) in [5.41, 5.74) is 5.97. The molecule has 1 saturated heterocycles. The fraction of sp³-hybridized carbons (Fsp3) is 0.308. The average Bonchev–Trinajstić information content (AvgIpc) is 3.35. The molecule has 4 heterocycles. The summed E-state index contributed by atoms with van der Waals surface area (Å²) in [5, 5.41) is 13.1. The lowest BCUT2D eigenvalue weighted by molar-refractivity contribution is 0.159. The molecule has 1 aliphatic heterocycles. The van der Waals surface area contributed by atoms with Crippen LogP contribution in [0.15, 0.2) is 72.4 Å². The number of likely N-dealkylation sites (tertiary alicyclic amines) is 1. The molecule has 3 aromatic heterocycles. The Morgan fingerprint density at radius 3 is 2.68 bits per heavy atom. The molecule has 0 amide bonds. The number of hydrogen-bond donors (Lipinski definition) is 0. The highest BCUT2D eigenvalue weighted by Crippen LogP contribution is 2.29. The van der Waals surface area contributed by atoms with E-state index in [0.717, 1.165) is 49.4 Å². The molecule has 1 aliphatic rings. The highest BCUT2D eigenvalue weighted by Gasteiger charge is 2.21. The van der Waals surface area contributed by atoms with Gasteiger partial charge in [-0.1, -0.05) is 41.0 Å². The Morgan fingerprint density at radius 2 is 1.94 bits per heavy atom. The van der Waals surface area contributed by atoms with Crippen LogP contribution in [0.3, 0.4) is 0 Å². The van der Waals surface area contributed by atoms with Crippen LogP contribution in [0, 0.1) is 0 Å². The summed E-state index contributed by atoms with van der Waals surface area (Å²) < 4.78 is 1.95. The van der Waals surface area contributed by atoms with Crippen LogP contribution in [-0.2, 0) is 11.4 Å². The standard InChI is InChI=1S/C26H27ClN6O/c1-2-34-31-26(24-8-7-23(27)16-28-24)21-5-3-19(4-6-21)17-32-12-9-20(10-13-32)22-11-14-33-18-29-30-25(33)15-22/h3-8,11,14-16,18,20H,2,9-10,12-13,17H2,1H3/b31-26-. The van der Waals surface area contributed by atoms with E-state index in [1.54, 1.807) is 12.5 Å². The van der Waals surface area contributed by atoms with Gasteiger partial charge < -0.3 is 4.84 Å². The number of aromatic nitrogens is 4. The number of nitrogens with zero attached hydrogens (tertiary/aromatic N) is 6. The zero-order chi connectivity index (χ0) is 23.3. The number of fused-ring (bicyclic) bond motifs is 1. The maximum Gasteiger partial charge on any atom is 0.160 e. The van der Waals surface area contributed by atoms with Gasteiger partial charge in [0.25, 0.3) is 0 Å². The highest BCUT2D eigenvalue weighted by molar-refractivity contribution is 6.30. The second kappa shape index (κ2) is 10.3. The molecule has 0 spiro atoms. The van der Waals surface area contributed by atoms with Crippen molar-refractivity contribution in [1.82, 2.24) is 24.5 Å². The predicted octanol–water partition coefficient (Wildman–Crippen LogP) is 4.95. The number of halogens is 1. The smallest absolute Gasteiger partial charge is 0.160 e. The van der Waals surface area contributed by atoms with Crippen LogP contribution in [0.1, 0.15) is 48.1 Å². The van der Waals surface area contributed by atoms with Gasteiger partial charge in [0, 0.05) is 24.5 Å². The lowest BCUT2D eigenvalue weighted by Crippen LogP contribution is -2.32. The Labute approximate surface area is 204 Å². The number of rotatable bonds is 7. The monoisotopic (exact) mass is 474 g/mol. The van der Waals surface area contributed by atoms with Crippen molar-refractivity contribution in [2.24, 2.45) is 5.16 Å². The summed E-state index contributed by atoms with van der Waals surface area (Å²) in [5.74, 6) is 0.574. The van der Waals surface area contributed by atoms with Gasteiger partial charge in [0.05, 0.1) is 10.7 Å². The van der Waals surface area contributed by atoms with E-state index < -0.39 is 0 Å². The van der Waals surface area contributed by atoms with Crippen molar-refractivity contribution >= 4 is 23.0 Å². The molecule has 0 bridgehead atoms. The molecule has 1 aromatic carbocycles. The fourth-order valence-electron chi connectivity index (χ4n) is 4.43. The quantitative estimate of drug-likeness (QED) is 0.280. The van der Waals surface area contributed by atoms with E-state index in [1.165, 1.54) is 11.1 Å². The van der Waals surface area contributed by atoms with Crippen molar-refractivity contribution in [3.8, 4) is 0 Å². The van der Waals surface area contributed by atoms with Crippen LogP contribution in [0.2, 0.25) is 5.02 Å². The van der Waals surface area contributed by atoms with Crippen molar-refractivity contribution in [3.63, 3.8) is 0 Å². The first-order valence-corrected chi connectivity index (χ1v) is 12.0. The first-order chi connectivity index (χ1) is 16.7. The highest BCUT2D eigenvalue weighted by atomic mass is 35.5. The molecular formula is C26H27ClN6O. The molecule has 7 nitrogen and oxygen atoms in total. The minimum atomic E-state index is 0.498. The molecule has 8 heteroatoms. The first-order valence-electron chi connectivity index (χ1n) is 11.6. The molecular weight excluding hydrogens is 448 g/mol. The van der Waals surface area contributed by atoms with Gasteiger partial charge in [-0.15, -0.1) is 10.2 Å². The van der Waals surface area contributed by atoms with E-state index in [0.29, 0.717) is 23.3 Å². The third-order valence-electron chi connectivity index (χ3n) is 6.27. The topological polar surface area (TPSA) is 67.9 Å². The average molecular weight is 475 g/mol. The van der Waals surface area contributed by atoms with Crippen LogP contribution in [0.25, 0.3) is 5.65 Å². The number of oxime groups is 1. The fourth-order valence-corrected chi connectivity index (χ4v) is 4.54. The van der Waals surface area contributed by atoms with Crippen molar-refractivity contribution in [2.45, 2.75) is 32.2 Å². The molecule has 0 saturated carbocycles. The molecule has 0 unspecified atom stereocenters. The van der Waals surface area contributed by atoms with Gasteiger partial charge in [-0.2, -0.15) is 0 Å². The van der Waals surface area contributed by atoms with E-state index in [2.05, 4.69) is 67.8 Å². The van der Waals surface area contributed by atoms with E-state index in [1.807, 2.05) is 23.5 Å². The van der Waals surface area contributed by atoms with Crippen molar-refractivity contribution in [2.75, 3.05) is 19.7 Å². The molecule has 34 heavy (non-hydrogen) atoms. The van der Waals surface area contributed by atoms with Crippen molar-refractivity contribution in [3.05, 3.63) is 94.7 Å². The zero-order valence-corrected chi connectivity index (χ0v) is 19.9. The van der Waals surface area contributed by atoms with Crippen molar-refractivity contribution in [1.29, 1.82) is 0 Å². The second-order valence-electron chi connectivity index (χ2n) is 8.52. The molecule has 1 fully saturated rings. The Balaban J connectivity index is 1.22. The molecule has 4 aromatic rings. The molecule has 0 N–H and O–H groups in total. The van der Waals surface area contributed by atoms with Gasteiger partial charge in [-0.05, 0) is 74.2 Å². The number of pyridine rings is 2. The Kier molecular flexibility index (Phi) is 6.83. The van der Waals surface area contributed by atoms with Gasteiger partial charge in [-0.3, -0.25) is 14.3 Å². The third-order valence-corrected chi connectivity index (χ3v) is 6.50. The summed E-state index contributed by atoms with van der Waals surface area (Å²) in [6, 6.07) is 16.5. The SMILES string of the molecule is CCO/N=C(/c1ccc(CN2CCC(c3ccn4cnnc4c3)CC2)cc1)c1ccc(Cl)cn1. The lowest BCUT2D eigenvalue weighted by atomic mass is 9.90. The van der Waals surface area contributed by atoms with Crippen molar-refractivity contribution < 1.29 is 4.84 Å². The molecule has 0 radical (unpaired) electrons. The van der Waals surface area contributed by atoms with E-state index in [-0.39, 0.29) is 0 Å². The third kappa shape index (κ3) is 5.11. The number of hydrogen-bond acceptors (Lipinski definition) is 6. The van der Waals surface area contributed by atoms with Gasteiger partial charge >= 0.3 is 0 Å². The maximum atomic E-state index is 6.00. The van der Waals surface area contributed by atoms with Gasteiger partial charge in [0.2, 0.25) is 0 Å².